The summed E-state index contributed by atoms with van der Waals surface area (Å²) in [4.78, 5) is 0. The topological polar surface area (TPSA) is 12.0 Å². The zero-order valence-electron chi connectivity index (χ0n) is 11.0. The minimum Gasteiger partial charge on any atom is -0.314 e. The van der Waals surface area contributed by atoms with Gasteiger partial charge in [-0.2, -0.15) is 0 Å². The molecule has 1 nitrogen and oxygen atoms in total. The molecule has 2 fully saturated rings. The lowest BCUT2D eigenvalue weighted by Crippen LogP contribution is -2.31. The minimum atomic E-state index is 0.827. The third-order valence-corrected chi connectivity index (χ3v) is 4.46. The van der Waals surface area contributed by atoms with Crippen molar-refractivity contribution >= 4 is 0 Å². The molecule has 0 aromatic rings. The molecule has 0 amide bonds. The Hall–Kier alpha value is -0.0400. The molecule has 0 aromatic carbocycles. The lowest BCUT2D eigenvalue weighted by molar-refractivity contribution is 0.288. The Bertz CT molecular complexity index is 180. The normalized spacial score (nSPS) is 24.6. The Kier molecular flexibility index (Phi) is 5.15. The summed E-state index contributed by atoms with van der Waals surface area (Å²) >= 11 is 0. The predicted molar refractivity (Wildman–Crippen MR) is 70.6 cm³/mol. The maximum Gasteiger partial charge on any atom is 0.00696 e. The molecule has 0 aliphatic heterocycles. The molecule has 1 N–H and O–H groups in total. The fourth-order valence-corrected chi connectivity index (χ4v) is 3.26. The molecule has 16 heavy (non-hydrogen) atoms. The van der Waals surface area contributed by atoms with Crippen molar-refractivity contribution < 1.29 is 0 Å². The van der Waals surface area contributed by atoms with Gasteiger partial charge in [-0.3, -0.25) is 0 Å². The zero-order chi connectivity index (χ0) is 11.2. The lowest BCUT2D eigenvalue weighted by Gasteiger charge is -2.27. The van der Waals surface area contributed by atoms with Gasteiger partial charge in [0.25, 0.3) is 0 Å². The van der Waals surface area contributed by atoms with Crippen LogP contribution in [0.5, 0.6) is 0 Å². The Morgan fingerprint density at radius 3 is 2.38 bits per heavy atom. The molecule has 0 spiro atoms. The van der Waals surface area contributed by atoms with Gasteiger partial charge in [0.05, 0.1) is 0 Å². The highest BCUT2D eigenvalue weighted by molar-refractivity contribution is 4.79. The van der Waals surface area contributed by atoms with Gasteiger partial charge in [0, 0.05) is 6.04 Å². The van der Waals surface area contributed by atoms with Crippen LogP contribution in [-0.2, 0) is 0 Å². The highest BCUT2D eigenvalue weighted by atomic mass is 14.9. The van der Waals surface area contributed by atoms with Gasteiger partial charge in [0.15, 0.2) is 0 Å². The first-order chi connectivity index (χ1) is 7.88. The van der Waals surface area contributed by atoms with Crippen molar-refractivity contribution in [2.24, 2.45) is 11.8 Å². The second-order valence-electron chi connectivity index (χ2n) is 6.02. The van der Waals surface area contributed by atoms with Crippen LogP contribution in [0.3, 0.4) is 0 Å². The van der Waals surface area contributed by atoms with E-state index in [1.54, 1.807) is 0 Å². The fraction of sp³-hybridized carbons (Fsp3) is 1.00. The van der Waals surface area contributed by atoms with Crippen molar-refractivity contribution in [3.05, 3.63) is 0 Å². The Morgan fingerprint density at radius 1 is 1.00 bits per heavy atom. The Labute approximate surface area is 101 Å². The quantitative estimate of drug-likeness (QED) is 0.684. The van der Waals surface area contributed by atoms with Gasteiger partial charge < -0.3 is 5.32 Å². The SMILES string of the molecule is CCNC(CCC1CC1)CC1CCCCC1. The highest BCUT2D eigenvalue weighted by Crippen LogP contribution is 2.35. The van der Waals surface area contributed by atoms with Gasteiger partial charge in [-0.15, -0.1) is 0 Å². The third kappa shape index (κ3) is 4.45. The first-order valence-corrected chi connectivity index (χ1v) is 7.62. The maximum atomic E-state index is 3.71. The first-order valence-electron chi connectivity index (χ1n) is 7.62. The van der Waals surface area contributed by atoms with Crippen LogP contribution in [0.15, 0.2) is 0 Å². The molecule has 0 bridgehead atoms. The number of hydrogen-bond acceptors (Lipinski definition) is 1. The van der Waals surface area contributed by atoms with Gasteiger partial charge >= 0.3 is 0 Å². The molecule has 0 saturated heterocycles. The summed E-state index contributed by atoms with van der Waals surface area (Å²) in [7, 11) is 0. The van der Waals surface area contributed by atoms with Crippen LogP contribution in [-0.4, -0.2) is 12.6 Å². The summed E-state index contributed by atoms with van der Waals surface area (Å²) in [6, 6.07) is 0.827. The minimum absolute atomic E-state index is 0.827. The first kappa shape index (κ1) is 12.4. The molecular weight excluding hydrogens is 194 g/mol. The van der Waals surface area contributed by atoms with E-state index in [0.717, 1.165) is 24.4 Å². The van der Waals surface area contributed by atoms with E-state index in [2.05, 4.69) is 12.2 Å². The van der Waals surface area contributed by atoms with Crippen LogP contribution in [0, 0.1) is 11.8 Å². The molecule has 0 heterocycles. The number of nitrogens with one attached hydrogen (secondary N) is 1. The monoisotopic (exact) mass is 223 g/mol. The molecule has 2 aliphatic carbocycles. The summed E-state index contributed by atoms with van der Waals surface area (Å²) < 4.78 is 0. The molecule has 94 valence electrons. The predicted octanol–water partition coefficient (Wildman–Crippen LogP) is 4.13. The summed E-state index contributed by atoms with van der Waals surface area (Å²) in [6.45, 7) is 3.41. The molecule has 2 saturated carbocycles. The van der Waals surface area contributed by atoms with Gasteiger partial charge in [-0.25, -0.2) is 0 Å². The fourth-order valence-electron chi connectivity index (χ4n) is 3.26. The summed E-state index contributed by atoms with van der Waals surface area (Å²) in [5.74, 6) is 2.14. The van der Waals surface area contributed by atoms with Crippen LogP contribution in [0.4, 0.5) is 0 Å². The van der Waals surface area contributed by atoms with E-state index < -0.39 is 0 Å². The smallest absolute Gasteiger partial charge is 0.00696 e. The van der Waals surface area contributed by atoms with Crippen LogP contribution in [0.2, 0.25) is 0 Å². The van der Waals surface area contributed by atoms with E-state index in [4.69, 9.17) is 0 Å². The van der Waals surface area contributed by atoms with E-state index in [0.29, 0.717) is 0 Å². The van der Waals surface area contributed by atoms with Crippen molar-refractivity contribution in [1.82, 2.24) is 5.32 Å². The average Bonchev–Trinajstić information content (AvgIpc) is 3.11. The Balaban J connectivity index is 1.66. The van der Waals surface area contributed by atoms with Crippen molar-refractivity contribution in [2.75, 3.05) is 6.54 Å². The maximum absolute atomic E-state index is 3.71. The van der Waals surface area contributed by atoms with Crippen LogP contribution < -0.4 is 5.32 Å². The largest absolute Gasteiger partial charge is 0.314 e. The summed E-state index contributed by atoms with van der Waals surface area (Å²) in [6.07, 6.45) is 14.9. The summed E-state index contributed by atoms with van der Waals surface area (Å²) in [5, 5.41) is 3.71. The van der Waals surface area contributed by atoms with E-state index in [-0.39, 0.29) is 0 Å². The van der Waals surface area contributed by atoms with Crippen molar-refractivity contribution in [3.8, 4) is 0 Å². The van der Waals surface area contributed by atoms with Crippen molar-refractivity contribution in [1.29, 1.82) is 0 Å². The summed E-state index contributed by atoms with van der Waals surface area (Å²) in [5.41, 5.74) is 0. The molecule has 1 unspecified atom stereocenters. The van der Waals surface area contributed by atoms with Crippen molar-refractivity contribution in [2.45, 2.75) is 77.2 Å². The van der Waals surface area contributed by atoms with Crippen LogP contribution >= 0.6 is 0 Å². The zero-order valence-corrected chi connectivity index (χ0v) is 11.0. The van der Waals surface area contributed by atoms with E-state index in [9.17, 15) is 0 Å². The Morgan fingerprint density at radius 2 is 1.75 bits per heavy atom. The molecule has 0 aromatic heterocycles. The van der Waals surface area contributed by atoms with Crippen LogP contribution in [0.1, 0.15) is 71.1 Å². The van der Waals surface area contributed by atoms with Gasteiger partial charge in [0.2, 0.25) is 0 Å². The molecule has 2 aliphatic rings. The van der Waals surface area contributed by atoms with E-state index in [1.165, 1.54) is 64.2 Å². The van der Waals surface area contributed by atoms with Crippen LogP contribution in [0.25, 0.3) is 0 Å². The van der Waals surface area contributed by atoms with Gasteiger partial charge in [0.1, 0.15) is 0 Å². The molecule has 0 radical (unpaired) electrons. The molecule has 2 rings (SSSR count). The lowest BCUT2D eigenvalue weighted by atomic mass is 9.84. The third-order valence-electron chi connectivity index (χ3n) is 4.46. The number of rotatable bonds is 7. The van der Waals surface area contributed by atoms with Gasteiger partial charge in [-0.1, -0.05) is 51.9 Å². The second-order valence-corrected chi connectivity index (χ2v) is 6.02. The second kappa shape index (κ2) is 6.64. The molecular formula is C15H29N. The number of hydrogen-bond donors (Lipinski definition) is 1. The van der Waals surface area contributed by atoms with Crippen molar-refractivity contribution in [3.63, 3.8) is 0 Å². The average molecular weight is 223 g/mol. The molecule has 1 heteroatoms. The van der Waals surface area contributed by atoms with E-state index in [1.807, 2.05) is 0 Å². The highest BCUT2D eigenvalue weighted by Gasteiger charge is 2.24. The molecule has 1 atom stereocenters. The van der Waals surface area contributed by atoms with E-state index >= 15 is 0 Å². The van der Waals surface area contributed by atoms with Gasteiger partial charge in [-0.05, 0) is 37.6 Å². The standard InChI is InChI=1S/C15H29N/c1-2-16-15(11-10-13-8-9-13)12-14-6-4-3-5-7-14/h13-16H,2-12H2,1H3.